The third-order valence-electron chi connectivity index (χ3n) is 4.43. The topological polar surface area (TPSA) is 103 Å². The Hall–Kier alpha value is -3.94. The summed E-state index contributed by atoms with van der Waals surface area (Å²) in [6, 6.07) is 11.2. The van der Waals surface area contributed by atoms with Crippen LogP contribution in [0.5, 0.6) is 5.75 Å². The van der Waals surface area contributed by atoms with Gasteiger partial charge >= 0.3 is 0 Å². The highest BCUT2D eigenvalue weighted by Gasteiger charge is 2.21. The van der Waals surface area contributed by atoms with Gasteiger partial charge in [-0.15, -0.1) is 0 Å². The van der Waals surface area contributed by atoms with Crippen LogP contribution in [0.15, 0.2) is 57.8 Å². The van der Waals surface area contributed by atoms with Gasteiger partial charge in [-0.25, -0.2) is 9.97 Å². The second kappa shape index (κ2) is 8.20. The van der Waals surface area contributed by atoms with Crippen LogP contribution >= 0.6 is 0 Å². The Morgan fingerprint density at radius 3 is 2.67 bits per heavy atom. The smallest absolute Gasteiger partial charge is 0.280 e. The molecular formula is C22H20N4O4. The SMILES string of the molecule is Cc1cc(C)cc(OCc2c(C(=O)Nc3nccc(-c4ccco4)n3)noc2C)c1. The molecule has 0 aliphatic carbocycles. The number of aromatic nitrogens is 3. The Kier molecular flexibility index (Phi) is 5.30. The molecule has 0 bridgehead atoms. The maximum atomic E-state index is 12.8. The van der Waals surface area contributed by atoms with E-state index in [1.54, 1.807) is 37.6 Å². The van der Waals surface area contributed by atoms with E-state index in [0.29, 0.717) is 28.5 Å². The maximum absolute atomic E-state index is 12.8. The summed E-state index contributed by atoms with van der Waals surface area (Å²) in [4.78, 5) is 21.2. The van der Waals surface area contributed by atoms with Crippen molar-refractivity contribution in [1.29, 1.82) is 0 Å². The third-order valence-corrected chi connectivity index (χ3v) is 4.43. The van der Waals surface area contributed by atoms with Crippen LogP contribution in [0.1, 0.15) is 32.9 Å². The largest absolute Gasteiger partial charge is 0.489 e. The lowest BCUT2D eigenvalue weighted by molar-refractivity contribution is 0.101. The van der Waals surface area contributed by atoms with Gasteiger partial charge in [0.2, 0.25) is 5.95 Å². The molecule has 0 atom stereocenters. The fourth-order valence-corrected chi connectivity index (χ4v) is 3.05. The molecule has 0 radical (unpaired) electrons. The Labute approximate surface area is 172 Å². The molecule has 4 rings (SSSR count). The predicted molar refractivity (Wildman–Crippen MR) is 109 cm³/mol. The van der Waals surface area contributed by atoms with Crippen LogP contribution in [0, 0.1) is 20.8 Å². The molecule has 4 aromatic rings. The summed E-state index contributed by atoms with van der Waals surface area (Å²) in [5, 5.41) is 6.54. The molecular weight excluding hydrogens is 384 g/mol. The average molecular weight is 404 g/mol. The number of carbonyl (C=O) groups is 1. The van der Waals surface area contributed by atoms with E-state index in [1.807, 2.05) is 26.0 Å². The van der Waals surface area contributed by atoms with Gasteiger partial charge in [0, 0.05) is 6.20 Å². The number of furan rings is 1. The normalized spacial score (nSPS) is 10.8. The first-order valence-corrected chi connectivity index (χ1v) is 9.34. The number of hydrogen-bond acceptors (Lipinski definition) is 7. The quantitative estimate of drug-likeness (QED) is 0.505. The van der Waals surface area contributed by atoms with Crippen molar-refractivity contribution in [3.8, 4) is 17.2 Å². The molecule has 0 unspecified atom stereocenters. The van der Waals surface area contributed by atoms with E-state index < -0.39 is 5.91 Å². The van der Waals surface area contributed by atoms with Gasteiger partial charge in [0.15, 0.2) is 11.5 Å². The molecule has 0 saturated heterocycles. The summed E-state index contributed by atoms with van der Waals surface area (Å²) in [7, 11) is 0. The number of rotatable bonds is 6. The van der Waals surface area contributed by atoms with Crippen molar-refractivity contribution in [3.05, 3.63) is 77.0 Å². The Morgan fingerprint density at radius 1 is 1.13 bits per heavy atom. The zero-order chi connectivity index (χ0) is 21.1. The highest BCUT2D eigenvalue weighted by molar-refractivity contribution is 6.03. The average Bonchev–Trinajstić information content (AvgIpc) is 3.36. The number of aryl methyl sites for hydroxylation is 3. The van der Waals surface area contributed by atoms with E-state index in [1.165, 1.54) is 0 Å². The molecule has 0 saturated carbocycles. The molecule has 0 aliphatic rings. The molecule has 0 fully saturated rings. The molecule has 0 aliphatic heterocycles. The van der Waals surface area contributed by atoms with Crippen molar-refractivity contribution < 1.29 is 18.5 Å². The van der Waals surface area contributed by atoms with Gasteiger partial charge in [0.1, 0.15) is 23.8 Å². The highest BCUT2D eigenvalue weighted by Crippen LogP contribution is 2.22. The number of anilines is 1. The molecule has 8 heteroatoms. The summed E-state index contributed by atoms with van der Waals surface area (Å²) < 4.78 is 16.4. The fourth-order valence-electron chi connectivity index (χ4n) is 3.05. The van der Waals surface area contributed by atoms with E-state index in [-0.39, 0.29) is 18.2 Å². The van der Waals surface area contributed by atoms with Gasteiger partial charge in [-0.2, -0.15) is 0 Å². The van der Waals surface area contributed by atoms with E-state index in [2.05, 4.69) is 26.5 Å². The molecule has 3 aromatic heterocycles. The van der Waals surface area contributed by atoms with Crippen molar-refractivity contribution >= 4 is 11.9 Å². The summed E-state index contributed by atoms with van der Waals surface area (Å²) in [5.41, 5.74) is 3.44. The first kappa shape index (κ1) is 19.4. The van der Waals surface area contributed by atoms with Crippen LogP contribution in [0.3, 0.4) is 0 Å². The van der Waals surface area contributed by atoms with Crippen LogP contribution in [0.25, 0.3) is 11.5 Å². The lowest BCUT2D eigenvalue weighted by Gasteiger charge is -2.09. The monoisotopic (exact) mass is 404 g/mol. The lowest BCUT2D eigenvalue weighted by Crippen LogP contribution is -2.17. The van der Waals surface area contributed by atoms with E-state index in [4.69, 9.17) is 13.7 Å². The van der Waals surface area contributed by atoms with Crippen LogP contribution in [0.2, 0.25) is 0 Å². The fraction of sp³-hybridized carbons (Fsp3) is 0.182. The van der Waals surface area contributed by atoms with Gasteiger partial charge in [-0.3, -0.25) is 10.1 Å². The lowest BCUT2D eigenvalue weighted by atomic mass is 10.1. The zero-order valence-electron chi connectivity index (χ0n) is 16.8. The molecule has 0 spiro atoms. The van der Waals surface area contributed by atoms with Crippen LogP contribution in [-0.4, -0.2) is 21.0 Å². The zero-order valence-corrected chi connectivity index (χ0v) is 16.8. The molecule has 1 amide bonds. The molecule has 1 aromatic carbocycles. The van der Waals surface area contributed by atoms with Crippen molar-refractivity contribution in [2.24, 2.45) is 0 Å². The van der Waals surface area contributed by atoms with Gasteiger partial charge in [0.05, 0.1) is 11.8 Å². The van der Waals surface area contributed by atoms with Crippen molar-refractivity contribution in [2.75, 3.05) is 5.32 Å². The minimum absolute atomic E-state index is 0.129. The summed E-state index contributed by atoms with van der Waals surface area (Å²) in [6.45, 7) is 5.88. The molecule has 3 heterocycles. The Bertz CT molecular complexity index is 1160. The van der Waals surface area contributed by atoms with Crippen LogP contribution in [-0.2, 0) is 6.61 Å². The standard InChI is InChI=1S/C22H20N4O4/c1-13-9-14(2)11-16(10-13)29-12-17-15(3)30-26-20(17)21(27)25-22-23-7-6-18(24-22)19-5-4-8-28-19/h4-11H,12H2,1-3H3,(H,23,24,25,27). The van der Waals surface area contributed by atoms with E-state index >= 15 is 0 Å². The van der Waals surface area contributed by atoms with Crippen molar-refractivity contribution in [1.82, 2.24) is 15.1 Å². The number of amides is 1. The Morgan fingerprint density at radius 2 is 1.93 bits per heavy atom. The van der Waals surface area contributed by atoms with E-state index in [0.717, 1.165) is 11.1 Å². The van der Waals surface area contributed by atoms with Gasteiger partial charge in [-0.05, 0) is 62.2 Å². The summed E-state index contributed by atoms with van der Waals surface area (Å²) >= 11 is 0. The first-order valence-electron chi connectivity index (χ1n) is 9.34. The van der Waals surface area contributed by atoms with Crippen molar-refractivity contribution in [2.45, 2.75) is 27.4 Å². The summed E-state index contributed by atoms with van der Waals surface area (Å²) in [5.74, 6) is 1.45. The van der Waals surface area contributed by atoms with Gasteiger partial charge < -0.3 is 13.7 Å². The number of carbonyl (C=O) groups excluding carboxylic acids is 1. The van der Waals surface area contributed by atoms with Gasteiger partial charge in [-0.1, -0.05) is 11.2 Å². The number of hydrogen-bond donors (Lipinski definition) is 1. The number of benzene rings is 1. The predicted octanol–water partition coefficient (Wildman–Crippen LogP) is 4.48. The van der Waals surface area contributed by atoms with Crippen molar-refractivity contribution in [3.63, 3.8) is 0 Å². The number of nitrogens with one attached hydrogen (secondary N) is 1. The first-order chi connectivity index (χ1) is 14.5. The highest BCUT2D eigenvalue weighted by atomic mass is 16.5. The molecule has 30 heavy (non-hydrogen) atoms. The third kappa shape index (κ3) is 4.22. The second-order valence-electron chi connectivity index (χ2n) is 6.87. The van der Waals surface area contributed by atoms with Gasteiger partial charge in [0.25, 0.3) is 5.91 Å². The minimum atomic E-state index is -0.484. The van der Waals surface area contributed by atoms with Crippen LogP contribution in [0.4, 0.5) is 5.95 Å². The summed E-state index contributed by atoms with van der Waals surface area (Å²) in [6.07, 6.45) is 3.09. The molecule has 8 nitrogen and oxygen atoms in total. The number of nitrogens with zero attached hydrogens (tertiary/aromatic N) is 3. The van der Waals surface area contributed by atoms with E-state index in [9.17, 15) is 4.79 Å². The second-order valence-corrected chi connectivity index (χ2v) is 6.87. The Balaban J connectivity index is 1.51. The maximum Gasteiger partial charge on any atom is 0.280 e. The van der Waals surface area contributed by atoms with Crippen LogP contribution < -0.4 is 10.1 Å². The molecule has 152 valence electrons. The molecule has 1 N–H and O–H groups in total. The number of ether oxygens (including phenoxy) is 1. The minimum Gasteiger partial charge on any atom is -0.489 e.